The summed E-state index contributed by atoms with van der Waals surface area (Å²) >= 11 is 3.21. The van der Waals surface area contributed by atoms with E-state index in [0.29, 0.717) is 0 Å². The first-order chi connectivity index (χ1) is 4.33. The highest BCUT2D eigenvalue weighted by Crippen LogP contribution is 2.13. The van der Waals surface area contributed by atoms with Crippen LogP contribution in [0.15, 0.2) is 21.2 Å². The molecule has 0 aromatic carbocycles. The van der Waals surface area contributed by atoms with E-state index in [1.165, 1.54) is 0 Å². The van der Waals surface area contributed by atoms with Gasteiger partial charge >= 0.3 is 0 Å². The summed E-state index contributed by atoms with van der Waals surface area (Å²) in [7, 11) is 1.89. The van der Waals surface area contributed by atoms with E-state index in [1.807, 2.05) is 19.2 Å². The zero-order valence-corrected chi connectivity index (χ0v) is 6.73. The average Bonchev–Trinajstić information content (AvgIpc) is 2.17. The smallest absolute Gasteiger partial charge is 0.169 e. The molecule has 1 heterocycles. The Balaban J connectivity index is 2.61. The normalized spacial score (nSPS) is 10.0. The van der Waals surface area contributed by atoms with Crippen LogP contribution in [0.2, 0.25) is 0 Å². The highest BCUT2D eigenvalue weighted by atomic mass is 79.9. The Labute approximate surface area is 62.4 Å². The van der Waals surface area contributed by atoms with Crippen molar-refractivity contribution in [2.45, 2.75) is 6.54 Å². The molecule has 0 bridgehead atoms. The molecule has 3 heteroatoms. The lowest BCUT2D eigenvalue weighted by Crippen LogP contribution is -2.03. The van der Waals surface area contributed by atoms with Crippen LogP contribution in [0.5, 0.6) is 0 Å². The Morgan fingerprint density at radius 3 is 2.89 bits per heavy atom. The monoisotopic (exact) mass is 189 g/mol. The quantitative estimate of drug-likeness (QED) is 0.768. The molecule has 1 N–H and O–H groups in total. The van der Waals surface area contributed by atoms with Gasteiger partial charge < -0.3 is 9.73 Å². The lowest BCUT2D eigenvalue weighted by molar-refractivity contribution is 0.475. The summed E-state index contributed by atoms with van der Waals surface area (Å²) in [4.78, 5) is 0. The van der Waals surface area contributed by atoms with Crippen molar-refractivity contribution in [3.8, 4) is 0 Å². The molecule has 1 aromatic rings. The fourth-order valence-electron chi connectivity index (χ4n) is 0.621. The third-order valence-electron chi connectivity index (χ3n) is 0.980. The molecule has 0 aliphatic rings. The molecule has 9 heavy (non-hydrogen) atoms. The highest BCUT2D eigenvalue weighted by Gasteiger charge is 1.94. The van der Waals surface area contributed by atoms with Crippen molar-refractivity contribution in [1.82, 2.24) is 5.32 Å². The van der Waals surface area contributed by atoms with Crippen molar-refractivity contribution >= 4 is 15.9 Å². The van der Waals surface area contributed by atoms with Gasteiger partial charge in [-0.25, -0.2) is 0 Å². The van der Waals surface area contributed by atoms with Crippen LogP contribution in [-0.4, -0.2) is 7.05 Å². The van der Waals surface area contributed by atoms with Gasteiger partial charge in [-0.15, -0.1) is 0 Å². The molecule has 0 saturated carbocycles. The van der Waals surface area contributed by atoms with Crippen LogP contribution >= 0.6 is 15.9 Å². The summed E-state index contributed by atoms with van der Waals surface area (Å²) < 4.78 is 5.96. The maximum Gasteiger partial charge on any atom is 0.169 e. The van der Waals surface area contributed by atoms with E-state index < -0.39 is 0 Å². The van der Waals surface area contributed by atoms with Crippen LogP contribution in [0.1, 0.15) is 5.76 Å². The van der Waals surface area contributed by atoms with Gasteiger partial charge in [0.2, 0.25) is 0 Å². The zero-order chi connectivity index (χ0) is 6.69. The summed E-state index contributed by atoms with van der Waals surface area (Å²) in [5, 5.41) is 2.98. The topological polar surface area (TPSA) is 25.2 Å². The molecule has 0 aliphatic carbocycles. The zero-order valence-electron chi connectivity index (χ0n) is 5.15. The lowest BCUT2D eigenvalue weighted by atomic mass is 10.4. The molecule has 1 rings (SSSR count). The maximum absolute atomic E-state index is 5.18. The van der Waals surface area contributed by atoms with E-state index in [-0.39, 0.29) is 0 Å². The minimum atomic E-state index is 0.783. The molecule has 0 spiro atoms. The highest BCUT2D eigenvalue weighted by molar-refractivity contribution is 9.10. The number of nitrogens with one attached hydrogen (secondary N) is 1. The second-order valence-electron chi connectivity index (χ2n) is 1.74. The molecule has 0 unspecified atom stereocenters. The van der Waals surface area contributed by atoms with Gasteiger partial charge in [0.05, 0.1) is 6.54 Å². The van der Waals surface area contributed by atoms with Crippen LogP contribution in [0.25, 0.3) is 0 Å². The Kier molecular flexibility index (Phi) is 2.30. The van der Waals surface area contributed by atoms with E-state index >= 15 is 0 Å². The molecule has 0 saturated heterocycles. The molecule has 0 fully saturated rings. The number of halogens is 1. The summed E-state index contributed by atoms with van der Waals surface area (Å²) in [6.07, 6.45) is 0. The van der Waals surface area contributed by atoms with E-state index in [0.717, 1.165) is 17.0 Å². The van der Waals surface area contributed by atoms with Gasteiger partial charge in [0.1, 0.15) is 5.76 Å². The fraction of sp³-hybridized carbons (Fsp3) is 0.333. The molecular formula is C6H8BrNO. The Morgan fingerprint density at radius 2 is 2.44 bits per heavy atom. The van der Waals surface area contributed by atoms with Crippen molar-refractivity contribution in [1.29, 1.82) is 0 Å². The van der Waals surface area contributed by atoms with Crippen LogP contribution in [0, 0.1) is 0 Å². The van der Waals surface area contributed by atoms with Gasteiger partial charge in [0.25, 0.3) is 0 Å². The second kappa shape index (κ2) is 3.03. The third kappa shape index (κ3) is 1.84. The number of furan rings is 1. The fourth-order valence-corrected chi connectivity index (χ4v) is 0.961. The van der Waals surface area contributed by atoms with E-state index in [4.69, 9.17) is 4.42 Å². The molecular weight excluding hydrogens is 182 g/mol. The largest absolute Gasteiger partial charge is 0.453 e. The van der Waals surface area contributed by atoms with Crippen molar-refractivity contribution in [3.05, 3.63) is 22.6 Å². The number of rotatable bonds is 2. The van der Waals surface area contributed by atoms with Crippen LogP contribution in [-0.2, 0) is 6.54 Å². The van der Waals surface area contributed by atoms with Crippen LogP contribution in [0.4, 0.5) is 0 Å². The van der Waals surface area contributed by atoms with Crippen molar-refractivity contribution in [2.75, 3.05) is 7.05 Å². The number of hydrogen-bond donors (Lipinski definition) is 1. The Bertz CT molecular complexity index is 185. The summed E-state index contributed by atoms with van der Waals surface area (Å²) in [5.41, 5.74) is 0. The molecule has 0 amide bonds. The molecule has 50 valence electrons. The minimum Gasteiger partial charge on any atom is -0.453 e. The third-order valence-corrected chi connectivity index (χ3v) is 1.41. The first-order valence-corrected chi connectivity index (χ1v) is 3.51. The minimum absolute atomic E-state index is 0.783. The summed E-state index contributed by atoms with van der Waals surface area (Å²) in [6.45, 7) is 0.783. The first kappa shape index (κ1) is 6.83. The molecule has 0 atom stereocenters. The van der Waals surface area contributed by atoms with E-state index in [9.17, 15) is 0 Å². The number of hydrogen-bond acceptors (Lipinski definition) is 2. The molecule has 1 aromatic heterocycles. The summed E-state index contributed by atoms with van der Waals surface area (Å²) in [5.74, 6) is 0.948. The Morgan fingerprint density at radius 1 is 1.67 bits per heavy atom. The average molecular weight is 190 g/mol. The van der Waals surface area contributed by atoms with Gasteiger partial charge in [0.15, 0.2) is 4.67 Å². The molecule has 0 aliphatic heterocycles. The first-order valence-electron chi connectivity index (χ1n) is 2.72. The van der Waals surface area contributed by atoms with Crippen LogP contribution in [0.3, 0.4) is 0 Å². The lowest BCUT2D eigenvalue weighted by Gasteiger charge is -1.90. The van der Waals surface area contributed by atoms with Gasteiger partial charge in [-0.1, -0.05) is 0 Å². The van der Waals surface area contributed by atoms with Crippen molar-refractivity contribution < 1.29 is 4.42 Å². The predicted octanol–water partition coefficient (Wildman–Crippen LogP) is 1.76. The molecule has 2 nitrogen and oxygen atoms in total. The SMILES string of the molecule is CNCc1ccc(Br)o1. The van der Waals surface area contributed by atoms with E-state index in [1.54, 1.807) is 0 Å². The van der Waals surface area contributed by atoms with Gasteiger partial charge in [0, 0.05) is 0 Å². The second-order valence-corrected chi connectivity index (χ2v) is 2.52. The standard InChI is InChI=1S/C6H8BrNO/c1-8-4-5-2-3-6(7)9-5/h2-3,8H,4H2,1H3. The van der Waals surface area contributed by atoms with Crippen LogP contribution < -0.4 is 5.32 Å². The van der Waals surface area contributed by atoms with Gasteiger partial charge in [-0.3, -0.25) is 0 Å². The molecule has 0 radical (unpaired) electrons. The Hall–Kier alpha value is -0.280. The summed E-state index contributed by atoms with van der Waals surface area (Å²) in [6, 6.07) is 3.81. The van der Waals surface area contributed by atoms with Gasteiger partial charge in [-0.05, 0) is 35.1 Å². The van der Waals surface area contributed by atoms with E-state index in [2.05, 4.69) is 21.2 Å². The maximum atomic E-state index is 5.18. The predicted molar refractivity (Wildman–Crippen MR) is 39.2 cm³/mol. The van der Waals surface area contributed by atoms with Crippen molar-refractivity contribution in [3.63, 3.8) is 0 Å². The van der Waals surface area contributed by atoms with Gasteiger partial charge in [-0.2, -0.15) is 0 Å². The van der Waals surface area contributed by atoms with Crippen molar-refractivity contribution in [2.24, 2.45) is 0 Å².